The summed E-state index contributed by atoms with van der Waals surface area (Å²) in [7, 11) is 0. The van der Waals surface area contributed by atoms with Crippen molar-refractivity contribution in [3.05, 3.63) is 35.9 Å². The van der Waals surface area contributed by atoms with Crippen molar-refractivity contribution in [2.24, 2.45) is 23.5 Å². The molecule has 27 heavy (non-hydrogen) atoms. The molecular formula is C22H36N2O3. The van der Waals surface area contributed by atoms with Gasteiger partial charge in [-0.15, -0.1) is 0 Å². The van der Waals surface area contributed by atoms with E-state index < -0.39 is 18.1 Å². The van der Waals surface area contributed by atoms with Crippen LogP contribution >= 0.6 is 0 Å². The predicted octanol–water partition coefficient (Wildman–Crippen LogP) is 2.70. The van der Waals surface area contributed by atoms with E-state index in [1.54, 1.807) is 0 Å². The highest BCUT2D eigenvalue weighted by Crippen LogP contribution is 2.19. The number of rotatable bonds is 11. The molecule has 5 unspecified atom stereocenters. The van der Waals surface area contributed by atoms with E-state index in [0.717, 1.165) is 12.0 Å². The SMILES string of the molecule is CCC(C)C(C)NC(=O)C(CC(=O)C(O)C(N)Cc1ccccc1)C(C)C. The number of aliphatic hydroxyl groups is 1. The lowest BCUT2D eigenvalue weighted by molar-refractivity contribution is -0.135. The molecule has 0 saturated heterocycles. The topological polar surface area (TPSA) is 92.4 Å². The van der Waals surface area contributed by atoms with E-state index in [1.165, 1.54) is 0 Å². The van der Waals surface area contributed by atoms with Crippen molar-refractivity contribution in [2.45, 2.75) is 72.1 Å². The number of nitrogens with one attached hydrogen (secondary N) is 1. The number of aliphatic hydroxyl groups excluding tert-OH is 1. The van der Waals surface area contributed by atoms with Crippen molar-refractivity contribution in [3.63, 3.8) is 0 Å². The number of carbonyl (C=O) groups is 2. The van der Waals surface area contributed by atoms with Crippen LogP contribution in [0.15, 0.2) is 30.3 Å². The Morgan fingerprint density at radius 1 is 1.11 bits per heavy atom. The summed E-state index contributed by atoms with van der Waals surface area (Å²) in [6.07, 6.45) is 0.114. The Morgan fingerprint density at radius 3 is 2.22 bits per heavy atom. The zero-order valence-electron chi connectivity index (χ0n) is 17.3. The minimum absolute atomic E-state index is 0.000379. The van der Waals surface area contributed by atoms with Gasteiger partial charge in [0.2, 0.25) is 5.91 Å². The zero-order chi connectivity index (χ0) is 20.6. The van der Waals surface area contributed by atoms with Crippen molar-refractivity contribution >= 4 is 11.7 Å². The van der Waals surface area contributed by atoms with Gasteiger partial charge in [-0.3, -0.25) is 9.59 Å². The molecule has 5 heteroatoms. The van der Waals surface area contributed by atoms with Gasteiger partial charge in [-0.05, 0) is 30.7 Å². The van der Waals surface area contributed by atoms with Crippen molar-refractivity contribution < 1.29 is 14.7 Å². The highest BCUT2D eigenvalue weighted by Gasteiger charge is 2.31. The molecule has 1 aromatic rings. The first kappa shape index (κ1) is 23.3. The number of carbonyl (C=O) groups excluding carboxylic acids is 2. The summed E-state index contributed by atoms with van der Waals surface area (Å²) in [6.45, 7) is 9.99. The lowest BCUT2D eigenvalue weighted by Gasteiger charge is -2.26. The maximum atomic E-state index is 12.7. The Kier molecular flexibility index (Phi) is 9.67. The van der Waals surface area contributed by atoms with E-state index >= 15 is 0 Å². The number of ketones is 1. The summed E-state index contributed by atoms with van der Waals surface area (Å²) in [6, 6.07) is 8.89. The van der Waals surface area contributed by atoms with Crippen LogP contribution in [0.3, 0.4) is 0 Å². The summed E-state index contributed by atoms with van der Waals surface area (Å²) >= 11 is 0. The number of hydrogen-bond donors (Lipinski definition) is 3. The molecule has 1 rings (SSSR count). The van der Waals surface area contributed by atoms with Crippen LogP contribution in [-0.2, 0) is 16.0 Å². The second-order valence-corrected chi connectivity index (χ2v) is 8.00. The Bertz CT molecular complexity index is 588. The van der Waals surface area contributed by atoms with Gasteiger partial charge in [-0.2, -0.15) is 0 Å². The van der Waals surface area contributed by atoms with Gasteiger partial charge in [0.25, 0.3) is 0 Å². The van der Waals surface area contributed by atoms with Gasteiger partial charge in [0.15, 0.2) is 5.78 Å². The van der Waals surface area contributed by atoms with E-state index in [9.17, 15) is 14.7 Å². The van der Waals surface area contributed by atoms with Gasteiger partial charge in [-0.25, -0.2) is 0 Å². The van der Waals surface area contributed by atoms with Crippen molar-refractivity contribution in [1.29, 1.82) is 0 Å². The fraction of sp³-hybridized carbons (Fsp3) is 0.636. The van der Waals surface area contributed by atoms with Crippen LogP contribution in [0.25, 0.3) is 0 Å². The average molecular weight is 377 g/mol. The highest BCUT2D eigenvalue weighted by molar-refractivity contribution is 5.89. The second-order valence-electron chi connectivity index (χ2n) is 8.00. The smallest absolute Gasteiger partial charge is 0.224 e. The lowest BCUT2D eigenvalue weighted by atomic mass is 9.86. The zero-order valence-corrected chi connectivity index (χ0v) is 17.3. The van der Waals surface area contributed by atoms with Crippen LogP contribution < -0.4 is 11.1 Å². The van der Waals surface area contributed by atoms with E-state index in [4.69, 9.17) is 5.73 Å². The molecular weight excluding hydrogens is 340 g/mol. The minimum atomic E-state index is -1.27. The van der Waals surface area contributed by atoms with E-state index in [2.05, 4.69) is 19.2 Å². The molecule has 0 aromatic heterocycles. The molecule has 0 fully saturated rings. The molecule has 152 valence electrons. The molecule has 0 saturated carbocycles. The first-order chi connectivity index (χ1) is 12.7. The first-order valence-electron chi connectivity index (χ1n) is 9.97. The third-order valence-electron chi connectivity index (χ3n) is 5.48. The van der Waals surface area contributed by atoms with Crippen LogP contribution in [0.4, 0.5) is 0 Å². The summed E-state index contributed by atoms with van der Waals surface area (Å²) in [4.78, 5) is 25.2. The van der Waals surface area contributed by atoms with Crippen molar-refractivity contribution in [2.75, 3.05) is 0 Å². The van der Waals surface area contributed by atoms with Gasteiger partial charge >= 0.3 is 0 Å². The van der Waals surface area contributed by atoms with Gasteiger partial charge in [0, 0.05) is 24.4 Å². The second kappa shape index (κ2) is 11.2. The highest BCUT2D eigenvalue weighted by atomic mass is 16.3. The van der Waals surface area contributed by atoms with E-state index in [-0.39, 0.29) is 30.1 Å². The molecule has 0 spiro atoms. The van der Waals surface area contributed by atoms with Crippen LogP contribution in [0.5, 0.6) is 0 Å². The summed E-state index contributed by atoms with van der Waals surface area (Å²) < 4.78 is 0. The summed E-state index contributed by atoms with van der Waals surface area (Å²) in [5.41, 5.74) is 7.01. The van der Waals surface area contributed by atoms with Crippen LogP contribution in [0.1, 0.15) is 53.0 Å². The molecule has 0 aliphatic carbocycles. The number of amides is 1. The van der Waals surface area contributed by atoms with Crippen LogP contribution in [0, 0.1) is 17.8 Å². The van der Waals surface area contributed by atoms with E-state index in [1.807, 2.05) is 51.1 Å². The molecule has 4 N–H and O–H groups in total. The fourth-order valence-electron chi connectivity index (χ4n) is 3.03. The Hall–Kier alpha value is -1.72. The molecule has 0 heterocycles. The quantitative estimate of drug-likeness (QED) is 0.554. The molecule has 0 aliphatic rings. The maximum absolute atomic E-state index is 12.7. The number of benzene rings is 1. The van der Waals surface area contributed by atoms with Crippen molar-refractivity contribution in [1.82, 2.24) is 5.32 Å². The monoisotopic (exact) mass is 376 g/mol. The summed E-state index contributed by atoms with van der Waals surface area (Å²) in [5.74, 6) is -0.612. The molecule has 1 aromatic carbocycles. The normalized spacial score (nSPS) is 17.0. The first-order valence-corrected chi connectivity index (χ1v) is 9.97. The van der Waals surface area contributed by atoms with Gasteiger partial charge < -0.3 is 16.2 Å². The van der Waals surface area contributed by atoms with Crippen LogP contribution in [-0.4, -0.2) is 35.0 Å². The van der Waals surface area contributed by atoms with Gasteiger partial charge in [0.1, 0.15) is 6.10 Å². The van der Waals surface area contributed by atoms with Gasteiger partial charge in [0.05, 0.1) is 0 Å². The standard InChI is InChI=1S/C22H36N2O3/c1-6-15(4)16(5)24-22(27)18(14(2)3)13-20(25)21(26)19(23)12-17-10-8-7-9-11-17/h7-11,14-16,18-19,21,26H,6,12-13,23H2,1-5H3,(H,24,27). The average Bonchev–Trinajstić information content (AvgIpc) is 2.64. The van der Waals surface area contributed by atoms with Gasteiger partial charge in [-0.1, -0.05) is 64.4 Å². The van der Waals surface area contributed by atoms with Crippen molar-refractivity contribution in [3.8, 4) is 0 Å². The largest absolute Gasteiger partial charge is 0.384 e. The molecule has 5 atom stereocenters. The molecule has 0 bridgehead atoms. The number of nitrogens with two attached hydrogens (primary N) is 1. The molecule has 1 amide bonds. The number of hydrogen-bond acceptors (Lipinski definition) is 4. The van der Waals surface area contributed by atoms with Crippen LogP contribution in [0.2, 0.25) is 0 Å². The Morgan fingerprint density at radius 2 is 1.70 bits per heavy atom. The third-order valence-corrected chi connectivity index (χ3v) is 5.48. The molecule has 0 aliphatic heterocycles. The summed E-state index contributed by atoms with van der Waals surface area (Å²) in [5, 5.41) is 13.4. The Balaban J connectivity index is 2.69. The predicted molar refractivity (Wildman–Crippen MR) is 109 cm³/mol. The third kappa shape index (κ3) is 7.43. The Labute approximate surface area is 163 Å². The molecule has 5 nitrogen and oxygen atoms in total. The molecule has 0 radical (unpaired) electrons. The number of Topliss-reactive ketones (excluding diaryl/α,β-unsaturated/α-hetero) is 1. The van der Waals surface area contributed by atoms with E-state index in [0.29, 0.717) is 12.3 Å². The fourth-order valence-corrected chi connectivity index (χ4v) is 3.03. The minimum Gasteiger partial charge on any atom is -0.384 e. The maximum Gasteiger partial charge on any atom is 0.224 e. The lowest BCUT2D eigenvalue weighted by Crippen LogP contribution is -2.46.